The van der Waals surface area contributed by atoms with Gasteiger partial charge in [0.1, 0.15) is 18.1 Å². The number of hydrogen-bond donors (Lipinski definition) is 0. The highest BCUT2D eigenvalue weighted by Crippen LogP contribution is 2.67. The first-order chi connectivity index (χ1) is 23.6. The number of allylic oxidation sites excluding steroid dienone is 3. The van der Waals surface area contributed by atoms with Gasteiger partial charge >= 0.3 is 0 Å². The van der Waals surface area contributed by atoms with Crippen LogP contribution >= 0.6 is 11.3 Å². The molecule has 262 valence electrons. The van der Waals surface area contributed by atoms with Gasteiger partial charge in [-0.15, -0.1) is 16.4 Å². The number of aromatic nitrogens is 3. The summed E-state index contributed by atoms with van der Waals surface area (Å²) < 4.78 is 8.15. The Balaban J connectivity index is 0.941. The number of carbonyl (C=O) groups is 1. The Kier molecular flexibility index (Phi) is 10.1. The molecule has 2 aromatic heterocycles. The first kappa shape index (κ1) is 34.5. The van der Waals surface area contributed by atoms with Crippen LogP contribution in [-0.2, 0) is 6.61 Å². The molecule has 4 aliphatic rings. The Bertz CT molecular complexity index is 1640. The number of carbonyl (C=O) groups excluding carboxylic acids is 1. The van der Waals surface area contributed by atoms with E-state index in [0.29, 0.717) is 29.0 Å². The molecular formula is C43H57N3O2S. The quantitative estimate of drug-likeness (QED) is 0.109. The van der Waals surface area contributed by atoms with Gasteiger partial charge in [0.2, 0.25) is 0 Å². The molecule has 0 bridgehead atoms. The molecule has 8 atom stereocenters. The van der Waals surface area contributed by atoms with Crippen LogP contribution in [0.1, 0.15) is 132 Å². The second-order valence-corrected chi connectivity index (χ2v) is 17.9. The highest BCUT2D eigenvalue weighted by molar-refractivity contribution is 7.10. The standard InChI is InChI=1S/C43H57N3O2S/c1-29(2)8-6-9-30(3)38-18-19-39-37-17-13-32-26-34(21-23-42(32,4)40(37)22-24-43(38,39)5)46-27-33(44-45-46)28-48-35-14-11-31(12-15-35)41(47)20-16-36-10-7-25-49-36/h7,10-16,20,25,27,29-30,34,37-40H,6,8-9,17-19,21-24,26,28H2,1-5H3/b20-16+/t30-,34+,37+,38-,39+,40+,42+,43-/m1/s1. The Morgan fingerprint density at radius 3 is 2.65 bits per heavy atom. The largest absolute Gasteiger partial charge is 0.487 e. The summed E-state index contributed by atoms with van der Waals surface area (Å²) in [6, 6.07) is 11.7. The minimum Gasteiger partial charge on any atom is -0.487 e. The van der Waals surface area contributed by atoms with Crippen molar-refractivity contribution >= 4 is 23.2 Å². The van der Waals surface area contributed by atoms with Crippen molar-refractivity contribution < 1.29 is 9.53 Å². The lowest BCUT2D eigenvalue weighted by Crippen LogP contribution is -2.50. The van der Waals surface area contributed by atoms with Crippen LogP contribution < -0.4 is 4.74 Å². The number of hydrogen-bond acceptors (Lipinski definition) is 5. The van der Waals surface area contributed by atoms with E-state index in [4.69, 9.17) is 4.74 Å². The van der Waals surface area contributed by atoms with Gasteiger partial charge in [0.15, 0.2) is 5.78 Å². The highest BCUT2D eigenvalue weighted by Gasteiger charge is 2.59. The molecule has 49 heavy (non-hydrogen) atoms. The molecule has 3 saturated carbocycles. The number of rotatable bonds is 12. The Hall–Kier alpha value is -2.99. The topological polar surface area (TPSA) is 57.0 Å². The molecule has 4 aliphatic carbocycles. The zero-order valence-electron chi connectivity index (χ0n) is 30.4. The Labute approximate surface area is 298 Å². The van der Waals surface area contributed by atoms with Crippen molar-refractivity contribution in [1.82, 2.24) is 15.0 Å². The van der Waals surface area contributed by atoms with Crippen molar-refractivity contribution in [3.63, 3.8) is 0 Å². The monoisotopic (exact) mass is 679 g/mol. The third-order valence-electron chi connectivity index (χ3n) is 13.7. The van der Waals surface area contributed by atoms with Crippen molar-refractivity contribution in [3.8, 4) is 5.75 Å². The fraction of sp³-hybridized carbons (Fsp3) is 0.605. The summed E-state index contributed by atoms with van der Waals surface area (Å²) in [4.78, 5) is 13.6. The van der Waals surface area contributed by atoms with Gasteiger partial charge in [-0.05, 0) is 146 Å². The van der Waals surface area contributed by atoms with Gasteiger partial charge in [0.05, 0.1) is 12.2 Å². The van der Waals surface area contributed by atoms with Crippen molar-refractivity contribution in [2.45, 2.75) is 118 Å². The first-order valence-electron chi connectivity index (χ1n) is 19.2. The number of thiophene rings is 1. The van der Waals surface area contributed by atoms with Crippen molar-refractivity contribution in [3.05, 3.63) is 81.8 Å². The average molecular weight is 680 g/mol. The molecule has 0 aliphatic heterocycles. The number of ether oxygens (including phenoxy) is 1. The molecule has 0 spiro atoms. The summed E-state index contributed by atoms with van der Waals surface area (Å²) in [7, 11) is 0. The zero-order chi connectivity index (χ0) is 34.2. The molecule has 0 unspecified atom stereocenters. The van der Waals surface area contributed by atoms with Crippen LogP contribution in [-0.4, -0.2) is 20.8 Å². The summed E-state index contributed by atoms with van der Waals surface area (Å²) in [5, 5.41) is 11.1. The van der Waals surface area contributed by atoms with Gasteiger partial charge in [-0.3, -0.25) is 4.79 Å². The van der Waals surface area contributed by atoms with E-state index < -0.39 is 0 Å². The van der Waals surface area contributed by atoms with E-state index in [-0.39, 0.29) is 5.78 Å². The SMILES string of the molecule is CC(C)CCC[C@@H](C)[C@H]1CC[C@H]2[C@@H]3CC=C4C[C@@H](n5cc(COc6ccc(C(=O)/C=C/c7cccs7)cc6)nn5)CC[C@]4(C)[C@H]3CC[C@]12C. The maximum Gasteiger partial charge on any atom is 0.185 e. The van der Waals surface area contributed by atoms with Crippen LogP contribution in [0.2, 0.25) is 0 Å². The molecule has 0 N–H and O–H groups in total. The molecule has 1 aromatic carbocycles. The molecule has 6 heteroatoms. The minimum atomic E-state index is -0.0123. The van der Waals surface area contributed by atoms with Crippen LogP contribution in [0.15, 0.2) is 65.7 Å². The van der Waals surface area contributed by atoms with Crippen molar-refractivity contribution in [1.29, 1.82) is 0 Å². The molecule has 0 radical (unpaired) electrons. The highest BCUT2D eigenvalue weighted by atomic mass is 32.1. The van der Waals surface area contributed by atoms with Crippen LogP contribution in [0.5, 0.6) is 5.75 Å². The van der Waals surface area contributed by atoms with Crippen molar-refractivity contribution in [2.24, 2.45) is 46.3 Å². The molecule has 3 aromatic rings. The van der Waals surface area contributed by atoms with Crippen LogP contribution in [0, 0.1) is 46.3 Å². The van der Waals surface area contributed by atoms with E-state index in [9.17, 15) is 4.79 Å². The molecule has 7 rings (SSSR count). The van der Waals surface area contributed by atoms with E-state index >= 15 is 0 Å². The first-order valence-corrected chi connectivity index (χ1v) is 20.1. The Morgan fingerprint density at radius 2 is 1.88 bits per heavy atom. The summed E-state index contributed by atoms with van der Waals surface area (Å²) in [5.41, 5.74) is 4.05. The average Bonchev–Trinajstić information content (AvgIpc) is 3.86. The molecule has 0 saturated heterocycles. The minimum absolute atomic E-state index is 0.0123. The number of nitrogens with zero attached hydrogens (tertiary/aromatic N) is 3. The number of ketones is 1. The van der Waals surface area contributed by atoms with E-state index in [1.165, 1.54) is 57.8 Å². The second kappa shape index (κ2) is 14.3. The fourth-order valence-electron chi connectivity index (χ4n) is 11.0. The van der Waals surface area contributed by atoms with Gasteiger partial charge in [0, 0.05) is 10.4 Å². The van der Waals surface area contributed by atoms with E-state index in [2.05, 4.69) is 61.9 Å². The Morgan fingerprint density at radius 1 is 1.04 bits per heavy atom. The van der Waals surface area contributed by atoms with Gasteiger partial charge in [-0.1, -0.05) is 76.8 Å². The fourth-order valence-corrected chi connectivity index (χ4v) is 11.6. The molecule has 5 nitrogen and oxygen atoms in total. The van der Waals surface area contributed by atoms with E-state index in [1.54, 1.807) is 23.0 Å². The molecule has 0 amide bonds. The lowest BCUT2D eigenvalue weighted by atomic mass is 9.47. The summed E-state index contributed by atoms with van der Waals surface area (Å²) in [5.74, 6) is 5.92. The maximum atomic E-state index is 12.5. The van der Waals surface area contributed by atoms with Gasteiger partial charge in [-0.2, -0.15) is 0 Å². The predicted molar refractivity (Wildman–Crippen MR) is 201 cm³/mol. The molecule has 2 heterocycles. The van der Waals surface area contributed by atoms with E-state index in [1.807, 2.05) is 47.9 Å². The van der Waals surface area contributed by atoms with E-state index in [0.717, 1.165) is 64.7 Å². The van der Waals surface area contributed by atoms with Gasteiger partial charge in [-0.25, -0.2) is 4.68 Å². The van der Waals surface area contributed by atoms with Crippen LogP contribution in [0.4, 0.5) is 0 Å². The lowest BCUT2D eigenvalue weighted by molar-refractivity contribution is -0.0526. The second-order valence-electron chi connectivity index (χ2n) is 16.9. The smallest absolute Gasteiger partial charge is 0.185 e. The predicted octanol–water partition coefficient (Wildman–Crippen LogP) is 11.4. The zero-order valence-corrected chi connectivity index (χ0v) is 31.3. The third-order valence-corrected chi connectivity index (χ3v) is 14.5. The summed E-state index contributed by atoms with van der Waals surface area (Å²) in [6.45, 7) is 13.0. The number of benzene rings is 1. The van der Waals surface area contributed by atoms with Crippen LogP contribution in [0.3, 0.4) is 0 Å². The maximum absolute atomic E-state index is 12.5. The summed E-state index contributed by atoms with van der Waals surface area (Å²) >= 11 is 1.62. The normalized spacial score (nSPS) is 31.6. The van der Waals surface area contributed by atoms with Gasteiger partial charge in [0.25, 0.3) is 0 Å². The lowest BCUT2D eigenvalue weighted by Gasteiger charge is -2.58. The third kappa shape index (κ3) is 7.01. The van der Waals surface area contributed by atoms with Gasteiger partial charge < -0.3 is 4.74 Å². The summed E-state index contributed by atoms with van der Waals surface area (Å²) in [6.07, 6.45) is 23.0. The van der Waals surface area contributed by atoms with Crippen molar-refractivity contribution in [2.75, 3.05) is 0 Å². The molecule has 3 fully saturated rings. The van der Waals surface area contributed by atoms with Crippen LogP contribution in [0.25, 0.3) is 6.08 Å². The molecular weight excluding hydrogens is 623 g/mol. The number of fused-ring (bicyclic) bond motifs is 5.